The third-order valence-corrected chi connectivity index (χ3v) is 4.31. The molecule has 6 nitrogen and oxygen atoms in total. The number of esters is 1. The molecule has 9 heteroatoms. The van der Waals surface area contributed by atoms with Crippen molar-refractivity contribution in [3.05, 3.63) is 57.8 Å². The maximum absolute atomic E-state index is 13.1. The second kappa shape index (κ2) is 10.1. The van der Waals surface area contributed by atoms with Gasteiger partial charge in [-0.3, -0.25) is 4.79 Å². The zero-order valence-electron chi connectivity index (χ0n) is 15.8. The fourth-order valence-corrected chi connectivity index (χ4v) is 2.80. The van der Waals surface area contributed by atoms with Crippen LogP contribution < -0.4 is 14.8 Å². The van der Waals surface area contributed by atoms with E-state index in [9.17, 15) is 14.0 Å². The van der Waals surface area contributed by atoms with Crippen molar-refractivity contribution in [1.82, 2.24) is 0 Å². The van der Waals surface area contributed by atoms with Crippen molar-refractivity contribution in [2.75, 3.05) is 19.5 Å². The summed E-state index contributed by atoms with van der Waals surface area (Å²) in [5.74, 6) is -1.12. The van der Waals surface area contributed by atoms with Crippen LogP contribution in [0.3, 0.4) is 0 Å². The highest BCUT2D eigenvalue weighted by molar-refractivity contribution is 6.33. The smallest absolute Gasteiger partial charge is 0.331 e. The minimum Gasteiger partial charge on any atom is -0.493 e. The van der Waals surface area contributed by atoms with Gasteiger partial charge < -0.3 is 19.5 Å². The van der Waals surface area contributed by atoms with E-state index in [1.54, 1.807) is 12.1 Å². The number of hydrogen-bond donors (Lipinski definition) is 1. The van der Waals surface area contributed by atoms with Gasteiger partial charge in [0.25, 0.3) is 5.91 Å². The molecule has 0 bridgehead atoms. The Kier molecular flexibility index (Phi) is 7.87. The van der Waals surface area contributed by atoms with Crippen molar-refractivity contribution in [1.29, 1.82) is 0 Å². The third kappa shape index (κ3) is 6.10. The van der Waals surface area contributed by atoms with Gasteiger partial charge in [-0.05, 0) is 48.9 Å². The summed E-state index contributed by atoms with van der Waals surface area (Å²) in [7, 11) is 2.92. The Labute approximate surface area is 177 Å². The zero-order chi connectivity index (χ0) is 21.6. The van der Waals surface area contributed by atoms with Crippen molar-refractivity contribution >= 4 is 46.8 Å². The van der Waals surface area contributed by atoms with E-state index in [0.717, 1.165) is 18.2 Å². The lowest BCUT2D eigenvalue weighted by Gasteiger charge is -2.13. The van der Waals surface area contributed by atoms with Gasteiger partial charge in [0, 0.05) is 6.08 Å². The van der Waals surface area contributed by atoms with E-state index in [1.165, 1.54) is 33.3 Å². The van der Waals surface area contributed by atoms with Crippen LogP contribution in [0.4, 0.5) is 10.1 Å². The van der Waals surface area contributed by atoms with Crippen molar-refractivity contribution in [3.63, 3.8) is 0 Å². The molecule has 2 aromatic rings. The van der Waals surface area contributed by atoms with E-state index in [-0.39, 0.29) is 10.7 Å². The predicted octanol–water partition coefficient (Wildman–Crippen LogP) is 4.73. The molecule has 2 aromatic carbocycles. The molecule has 1 unspecified atom stereocenters. The van der Waals surface area contributed by atoms with Gasteiger partial charge in [0.1, 0.15) is 5.82 Å². The predicted molar refractivity (Wildman–Crippen MR) is 109 cm³/mol. The first kappa shape index (κ1) is 22.5. The molecular formula is C20H18Cl2FNO5. The summed E-state index contributed by atoms with van der Waals surface area (Å²) in [4.78, 5) is 24.1. The summed E-state index contributed by atoms with van der Waals surface area (Å²) < 4.78 is 28.4. The first-order valence-corrected chi connectivity index (χ1v) is 9.07. The van der Waals surface area contributed by atoms with E-state index < -0.39 is 23.8 Å². The SMILES string of the molecule is COc1cc(/C=C/C(=O)OC(C)C(=O)Nc2ccc(F)cc2Cl)cc(Cl)c1OC. The van der Waals surface area contributed by atoms with Gasteiger partial charge in [0.05, 0.1) is 30.0 Å². The summed E-state index contributed by atoms with van der Waals surface area (Å²) >= 11 is 12.0. The lowest BCUT2D eigenvalue weighted by Crippen LogP contribution is -2.29. The molecule has 0 aliphatic carbocycles. The molecule has 154 valence electrons. The van der Waals surface area contributed by atoms with Crippen LogP contribution in [-0.2, 0) is 14.3 Å². The van der Waals surface area contributed by atoms with E-state index in [2.05, 4.69) is 5.32 Å². The summed E-state index contributed by atoms with van der Waals surface area (Å²) in [6.07, 6.45) is 1.49. The Bertz CT molecular complexity index is 949. The highest BCUT2D eigenvalue weighted by Gasteiger charge is 2.18. The number of amides is 1. The van der Waals surface area contributed by atoms with E-state index in [1.807, 2.05) is 0 Å². The molecule has 29 heavy (non-hydrogen) atoms. The minimum atomic E-state index is -1.11. The monoisotopic (exact) mass is 441 g/mol. The Morgan fingerprint density at radius 2 is 1.83 bits per heavy atom. The van der Waals surface area contributed by atoms with Crippen LogP contribution in [0, 0.1) is 5.82 Å². The number of halogens is 3. The van der Waals surface area contributed by atoms with Crippen molar-refractivity contribution in [2.45, 2.75) is 13.0 Å². The number of nitrogens with one attached hydrogen (secondary N) is 1. The highest BCUT2D eigenvalue weighted by atomic mass is 35.5. The van der Waals surface area contributed by atoms with E-state index >= 15 is 0 Å². The molecule has 0 spiro atoms. The number of hydrogen-bond acceptors (Lipinski definition) is 5. The molecule has 1 N–H and O–H groups in total. The first-order valence-electron chi connectivity index (χ1n) is 8.31. The first-order chi connectivity index (χ1) is 13.7. The van der Waals surface area contributed by atoms with Crippen LogP contribution in [-0.4, -0.2) is 32.2 Å². The van der Waals surface area contributed by atoms with Gasteiger partial charge in [-0.2, -0.15) is 0 Å². The molecule has 0 aromatic heterocycles. The normalized spacial score (nSPS) is 11.8. The van der Waals surface area contributed by atoms with Gasteiger partial charge >= 0.3 is 5.97 Å². The lowest BCUT2D eigenvalue weighted by molar-refractivity contribution is -0.148. The highest BCUT2D eigenvalue weighted by Crippen LogP contribution is 2.36. The molecule has 0 heterocycles. The second-order valence-corrected chi connectivity index (χ2v) is 6.58. The number of carbonyl (C=O) groups excluding carboxylic acids is 2. The average Bonchev–Trinajstić information content (AvgIpc) is 2.67. The van der Waals surface area contributed by atoms with Gasteiger partial charge in [-0.1, -0.05) is 23.2 Å². The average molecular weight is 442 g/mol. The van der Waals surface area contributed by atoms with Crippen LogP contribution >= 0.6 is 23.2 Å². The Balaban J connectivity index is 2.00. The summed E-state index contributed by atoms with van der Waals surface area (Å²) in [5.41, 5.74) is 0.774. The standard InChI is InChI=1S/C20H18Cl2FNO5/c1-11(20(26)24-16-6-5-13(23)10-14(16)21)29-18(25)7-4-12-8-15(22)19(28-3)17(9-12)27-2/h4-11H,1-3H3,(H,24,26)/b7-4+. The molecule has 0 aliphatic rings. The minimum absolute atomic E-state index is 0.0297. The van der Waals surface area contributed by atoms with E-state index in [0.29, 0.717) is 22.1 Å². The lowest BCUT2D eigenvalue weighted by atomic mass is 10.2. The Morgan fingerprint density at radius 1 is 1.10 bits per heavy atom. The zero-order valence-corrected chi connectivity index (χ0v) is 17.3. The summed E-state index contributed by atoms with van der Waals surface area (Å²) in [6.45, 7) is 1.39. The van der Waals surface area contributed by atoms with Crippen LogP contribution in [0.5, 0.6) is 11.5 Å². The van der Waals surface area contributed by atoms with Gasteiger partial charge in [-0.25, -0.2) is 9.18 Å². The maximum atomic E-state index is 13.1. The largest absolute Gasteiger partial charge is 0.493 e. The van der Waals surface area contributed by atoms with E-state index in [4.69, 9.17) is 37.4 Å². The fourth-order valence-electron chi connectivity index (χ4n) is 2.29. The maximum Gasteiger partial charge on any atom is 0.331 e. The number of anilines is 1. The van der Waals surface area contributed by atoms with Crippen LogP contribution in [0.1, 0.15) is 12.5 Å². The quantitative estimate of drug-likeness (QED) is 0.496. The van der Waals surface area contributed by atoms with Crippen molar-refractivity contribution in [2.24, 2.45) is 0 Å². The van der Waals surface area contributed by atoms with Crippen molar-refractivity contribution in [3.8, 4) is 11.5 Å². The Hall–Kier alpha value is -2.77. The third-order valence-electron chi connectivity index (χ3n) is 3.72. The molecule has 0 fully saturated rings. The number of rotatable bonds is 7. The van der Waals surface area contributed by atoms with Gasteiger partial charge in [-0.15, -0.1) is 0 Å². The Morgan fingerprint density at radius 3 is 2.45 bits per heavy atom. The molecule has 1 amide bonds. The fraction of sp³-hybridized carbons (Fsp3) is 0.200. The van der Waals surface area contributed by atoms with Crippen LogP contribution in [0.15, 0.2) is 36.4 Å². The van der Waals surface area contributed by atoms with Gasteiger partial charge in [0.15, 0.2) is 17.6 Å². The molecule has 0 saturated carbocycles. The number of methoxy groups -OCH3 is 2. The number of carbonyl (C=O) groups is 2. The topological polar surface area (TPSA) is 73.9 Å². The second-order valence-electron chi connectivity index (χ2n) is 5.76. The van der Waals surface area contributed by atoms with Crippen LogP contribution in [0.25, 0.3) is 6.08 Å². The molecular weight excluding hydrogens is 424 g/mol. The molecule has 0 aliphatic heterocycles. The van der Waals surface area contributed by atoms with Gasteiger partial charge in [0.2, 0.25) is 0 Å². The molecule has 2 rings (SSSR count). The molecule has 1 atom stereocenters. The summed E-state index contributed by atoms with van der Waals surface area (Å²) in [6, 6.07) is 6.73. The molecule has 0 radical (unpaired) electrons. The summed E-state index contributed by atoms with van der Waals surface area (Å²) in [5, 5.41) is 2.80. The number of ether oxygens (including phenoxy) is 3. The van der Waals surface area contributed by atoms with Crippen LogP contribution in [0.2, 0.25) is 10.0 Å². The van der Waals surface area contributed by atoms with Crippen molar-refractivity contribution < 1.29 is 28.2 Å². The molecule has 0 saturated heterocycles. The number of benzene rings is 2.